The number of fused-ring (bicyclic) bond motifs is 4. The summed E-state index contributed by atoms with van der Waals surface area (Å²) in [7, 11) is 4.10. The van der Waals surface area contributed by atoms with E-state index in [4.69, 9.17) is 26.1 Å². The Morgan fingerprint density at radius 2 is 1.91 bits per heavy atom. The number of alkyl halides is 1. The molecular weight excluding hydrogens is 550 g/mol. The molecule has 2 N–H and O–H groups in total. The molecule has 2 aromatic carbocycles. The van der Waals surface area contributed by atoms with Gasteiger partial charge in [-0.15, -0.1) is 6.42 Å². The van der Waals surface area contributed by atoms with E-state index in [0.29, 0.717) is 57.4 Å². The number of aromatic nitrogens is 3. The van der Waals surface area contributed by atoms with Crippen LogP contribution in [-0.2, 0) is 6.67 Å². The highest BCUT2D eigenvalue weighted by atomic mass is 19.1. The Morgan fingerprint density at radius 1 is 1.14 bits per heavy atom. The smallest absolute Gasteiger partial charge is 0.319 e. The summed E-state index contributed by atoms with van der Waals surface area (Å²) >= 11 is 0. The number of aromatic hydroxyl groups is 1. The Hall–Kier alpha value is -4.07. The molecule has 3 aliphatic rings. The van der Waals surface area contributed by atoms with E-state index in [1.165, 1.54) is 18.2 Å². The average molecular weight is 585 g/mol. The van der Waals surface area contributed by atoms with Gasteiger partial charge in [0.2, 0.25) is 0 Å². The third-order valence-corrected chi connectivity index (χ3v) is 9.03. The maximum atomic E-state index is 15.2. The van der Waals surface area contributed by atoms with Crippen molar-refractivity contribution in [3.05, 3.63) is 47.4 Å². The van der Waals surface area contributed by atoms with Gasteiger partial charge in [-0.25, -0.2) is 8.78 Å². The summed E-state index contributed by atoms with van der Waals surface area (Å²) in [6, 6.07) is 6.67. The lowest BCUT2D eigenvalue weighted by Gasteiger charge is -2.34. The first-order valence-electron chi connectivity index (χ1n) is 14.7. The van der Waals surface area contributed by atoms with Crippen molar-refractivity contribution in [2.75, 3.05) is 45.2 Å². The molecule has 43 heavy (non-hydrogen) atoms. The molecule has 2 saturated heterocycles. The molecule has 2 unspecified atom stereocenters. The summed E-state index contributed by atoms with van der Waals surface area (Å²) in [6.45, 7) is 1.99. The van der Waals surface area contributed by atoms with Crippen LogP contribution < -0.4 is 15.0 Å². The molecule has 0 spiro atoms. The first-order valence-corrected chi connectivity index (χ1v) is 14.7. The predicted octanol–water partition coefficient (Wildman–Crippen LogP) is 4.80. The van der Waals surface area contributed by atoms with Crippen LogP contribution in [0.5, 0.6) is 11.8 Å². The first-order chi connectivity index (χ1) is 20.8. The highest BCUT2D eigenvalue weighted by molar-refractivity contribution is 6.04. The van der Waals surface area contributed by atoms with Crippen molar-refractivity contribution in [2.24, 2.45) is 5.41 Å². The van der Waals surface area contributed by atoms with Crippen LogP contribution >= 0.6 is 0 Å². The summed E-state index contributed by atoms with van der Waals surface area (Å²) in [5.41, 5.74) is 1.91. The van der Waals surface area contributed by atoms with Crippen molar-refractivity contribution in [2.45, 2.75) is 44.4 Å². The summed E-state index contributed by atoms with van der Waals surface area (Å²) < 4.78 is 36.3. The molecule has 2 aliphatic heterocycles. The monoisotopic (exact) mass is 584 g/mol. The molecule has 0 amide bonds. The zero-order chi connectivity index (χ0) is 29.9. The zero-order valence-corrected chi connectivity index (χ0v) is 24.3. The lowest BCUT2D eigenvalue weighted by Crippen LogP contribution is -2.51. The Balaban J connectivity index is 1.41. The van der Waals surface area contributed by atoms with Gasteiger partial charge in [0.05, 0.1) is 12.2 Å². The van der Waals surface area contributed by atoms with Gasteiger partial charge in [0.1, 0.15) is 29.3 Å². The van der Waals surface area contributed by atoms with Gasteiger partial charge in [0, 0.05) is 59.8 Å². The minimum Gasteiger partial charge on any atom is -0.508 e. The second-order valence-electron chi connectivity index (χ2n) is 12.5. The normalized spacial score (nSPS) is 20.6. The lowest BCUT2D eigenvalue weighted by atomic mass is 9.92. The number of nitrogens with one attached hydrogen (secondary N) is 1. The average Bonchev–Trinajstić information content (AvgIpc) is 3.67. The van der Waals surface area contributed by atoms with Crippen molar-refractivity contribution in [3.63, 3.8) is 0 Å². The van der Waals surface area contributed by atoms with E-state index in [0.717, 1.165) is 45.3 Å². The van der Waals surface area contributed by atoms with Gasteiger partial charge in [-0.3, -0.25) is 4.98 Å². The summed E-state index contributed by atoms with van der Waals surface area (Å²) in [5, 5.41) is 15.2. The molecule has 10 heteroatoms. The summed E-state index contributed by atoms with van der Waals surface area (Å²) in [5.74, 6) is 2.43. The SMILES string of the molecule is C#Cc1c(F)ccc2cc(O)cc(-c3cnc4c(N5CC6CCC(C5)N6)nc(OCC5(CN(C)C)CC5)nc4c3CF)c12. The molecule has 8 nitrogen and oxygen atoms in total. The topological polar surface area (TPSA) is 86.6 Å². The fraction of sp³-hybridized carbons (Fsp3) is 0.424. The van der Waals surface area contributed by atoms with Gasteiger partial charge in [-0.1, -0.05) is 12.0 Å². The third-order valence-electron chi connectivity index (χ3n) is 9.03. The number of piperazine rings is 1. The van der Waals surface area contributed by atoms with Crippen LogP contribution in [0.1, 0.15) is 36.8 Å². The Bertz CT molecular complexity index is 1770. The number of phenolic OH excluding ortho intramolecular Hbond substituents is 1. The molecule has 1 aliphatic carbocycles. The number of anilines is 1. The number of terminal acetylenes is 1. The van der Waals surface area contributed by atoms with E-state index in [2.05, 4.69) is 21.0 Å². The van der Waals surface area contributed by atoms with Crippen LogP contribution in [0.4, 0.5) is 14.6 Å². The van der Waals surface area contributed by atoms with Crippen LogP contribution in [0.25, 0.3) is 32.9 Å². The van der Waals surface area contributed by atoms with Gasteiger partial charge in [-0.2, -0.15) is 9.97 Å². The quantitative estimate of drug-likeness (QED) is 0.286. The Morgan fingerprint density at radius 3 is 2.58 bits per heavy atom. The predicted molar refractivity (Wildman–Crippen MR) is 163 cm³/mol. The second-order valence-corrected chi connectivity index (χ2v) is 12.5. The minimum absolute atomic E-state index is 0.0386. The standard InChI is InChI=1S/C33H34F2N6O2/c1-4-23-27(35)8-5-19-11-22(42)12-24(28(19)23)26-14-36-30-29(25(26)13-34)38-32(43-18-33(9-10-33)17-40(2)3)39-31(30)41-15-20-6-7-21(16-41)37-20/h1,5,8,11-12,14,20-21,37,42H,6-7,9-10,13,15-18H2,2-3H3. The molecule has 7 rings (SSSR count). The Labute approximate surface area is 249 Å². The van der Waals surface area contributed by atoms with E-state index in [9.17, 15) is 9.50 Å². The molecular formula is C33H34F2N6O2. The van der Waals surface area contributed by atoms with Crippen molar-refractivity contribution < 1.29 is 18.6 Å². The number of rotatable bonds is 8. The van der Waals surface area contributed by atoms with E-state index in [1.54, 1.807) is 12.3 Å². The van der Waals surface area contributed by atoms with Gasteiger partial charge < -0.3 is 25.0 Å². The molecule has 2 bridgehead atoms. The molecule has 1 saturated carbocycles. The number of hydrogen-bond donors (Lipinski definition) is 2. The van der Waals surface area contributed by atoms with Crippen LogP contribution in [0.2, 0.25) is 0 Å². The number of phenols is 1. The number of pyridine rings is 1. The fourth-order valence-corrected chi connectivity index (χ4v) is 6.90. The van der Waals surface area contributed by atoms with E-state index >= 15 is 4.39 Å². The number of hydrogen-bond acceptors (Lipinski definition) is 8. The maximum Gasteiger partial charge on any atom is 0.319 e. The molecule has 2 aromatic heterocycles. The molecule has 4 aromatic rings. The Kier molecular flexibility index (Phi) is 6.83. The van der Waals surface area contributed by atoms with Crippen LogP contribution in [0, 0.1) is 23.6 Å². The highest BCUT2D eigenvalue weighted by Crippen LogP contribution is 2.46. The molecule has 2 atom stereocenters. The van der Waals surface area contributed by atoms with Crippen molar-refractivity contribution in [1.29, 1.82) is 0 Å². The highest BCUT2D eigenvalue weighted by Gasteiger charge is 2.44. The van der Waals surface area contributed by atoms with E-state index in [-0.39, 0.29) is 28.3 Å². The number of nitrogens with zero attached hydrogens (tertiary/aromatic N) is 5. The van der Waals surface area contributed by atoms with Crippen LogP contribution in [-0.4, -0.2) is 77.4 Å². The fourth-order valence-electron chi connectivity index (χ4n) is 6.90. The first kappa shape index (κ1) is 27.7. The maximum absolute atomic E-state index is 15.2. The van der Waals surface area contributed by atoms with Crippen LogP contribution in [0.15, 0.2) is 30.5 Å². The van der Waals surface area contributed by atoms with E-state index in [1.807, 2.05) is 14.1 Å². The third kappa shape index (κ3) is 5.00. The largest absolute Gasteiger partial charge is 0.508 e. The van der Waals surface area contributed by atoms with Crippen molar-refractivity contribution >= 4 is 27.6 Å². The lowest BCUT2D eigenvalue weighted by molar-refractivity contribution is 0.183. The molecule has 0 radical (unpaired) electrons. The molecule has 4 heterocycles. The molecule has 3 fully saturated rings. The van der Waals surface area contributed by atoms with Gasteiger partial charge in [0.15, 0.2) is 5.82 Å². The van der Waals surface area contributed by atoms with Gasteiger partial charge in [-0.05, 0) is 68.9 Å². The summed E-state index contributed by atoms with van der Waals surface area (Å²) in [6.07, 6.45) is 11.6. The van der Waals surface area contributed by atoms with Crippen LogP contribution in [0.3, 0.4) is 0 Å². The molecule has 222 valence electrons. The van der Waals surface area contributed by atoms with Crippen molar-refractivity contribution in [3.8, 4) is 35.2 Å². The zero-order valence-electron chi connectivity index (χ0n) is 24.3. The number of halogens is 2. The minimum atomic E-state index is -0.876. The van der Waals surface area contributed by atoms with E-state index < -0.39 is 12.5 Å². The number of ether oxygens (including phenoxy) is 1. The second kappa shape index (κ2) is 10.6. The summed E-state index contributed by atoms with van der Waals surface area (Å²) in [4.78, 5) is 18.8. The van der Waals surface area contributed by atoms with Crippen molar-refractivity contribution in [1.82, 2.24) is 25.2 Å². The van der Waals surface area contributed by atoms with Gasteiger partial charge in [0.25, 0.3) is 0 Å². The number of benzene rings is 2. The van der Waals surface area contributed by atoms with Gasteiger partial charge >= 0.3 is 6.01 Å².